The van der Waals surface area contributed by atoms with E-state index in [9.17, 15) is 0 Å². The maximum absolute atomic E-state index is 5.98. The first-order valence-electron chi connectivity index (χ1n) is 10.7. The van der Waals surface area contributed by atoms with E-state index in [1.54, 1.807) is 0 Å². The molecule has 0 bridgehead atoms. The van der Waals surface area contributed by atoms with Gasteiger partial charge >= 0.3 is 0 Å². The number of guanidine groups is 1. The lowest BCUT2D eigenvalue weighted by molar-refractivity contribution is 0.230. The van der Waals surface area contributed by atoms with E-state index in [2.05, 4.69) is 60.4 Å². The van der Waals surface area contributed by atoms with Gasteiger partial charge in [-0.1, -0.05) is 12.1 Å². The van der Waals surface area contributed by atoms with Gasteiger partial charge in [0.2, 0.25) is 0 Å². The molecule has 1 unspecified atom stereocenters. The Morgan fingerprint density at radius 3 is 2.86 bits per heavy atom. The van der Waals surface area contributed by atoms with E-state index in [-0.39, 0.29) is 6.10 Å². The minimum absolute atomic E-state index is 0.0337. The number of ether oxygens (including phenoxy) is 1. The Hall–Kier alpha value is -1.79. The van der Waals surface area contributed by atoms with E-state index in [4.69, 9.17) is 9.73 Å². The van der Waals surface area contributed by atoms with Crippen LogP contribution in [0, 0.1) is 6.92 Å². The van der Waals surface area contributed by atoms with Crippen molar-refractivity contribution in [1.82, 2.24) is 20.4 Å². The lowest BCUT2D eigenvalue weighted by Gasteiger charge is -2.20. The second-order valence-corrected chi connectivity index (χ2v) is 7.74. The Bertz CT molecular complexity index is 592. The molecule has 0 aromatic heterocycles. The fourth-order valence-corrected chi connectivity index (χ4v) is 3.35. The molecule has 1 aliphatic heterocycles. The number of nitrogens with one attached hydrogen (secondary N) is 2. The van der Waals surface area contributed by atoms with Crippen molar-refractivity contribution in [3.63, 3.8) is 0 Å². The molecule has 2 N–H and O–H groups in total. The molecule has 1 fully saturated rings. The van der Waals surface area contributed by atoms with Gasteiger partial charge in [0.15, 0.2) is 5.96 Å². The number of rotatable bonds is 9. The SMILES string of the molecule is CCNC(=NCC(C)Oc1cccc(C)c1)NCCCN1CCCN(C)CC1. The number of hydrogen-bond acceptors (Lipinski definition) is 4. The fraction of sp³-hybridized carbons (Fsp3) is 0.682. The third-order valence-corrected chi connectivity index (χ3v) is 4.93. The smallest absolute Gasteiger partial charge is 0.191 e. The summed E-state index contributed by atoms with van der Waals surface area (Å²) in [6.45, 7) is 14.6. The molecule has 1 heterocycles. The Labute approximate surface area is 171 Å². The zero-order valence-electron chi connectivity index (χ0n) is 18.2. The molecule has 0 aliphatic carbocycles. The largest absolute Gasteiger partial charge is 0.489 e. The minimum Gasteiger partial charge on any atom is -0.489 e. The summed E-state index contributed by atoms with van der Waals surface area (Å²) in [5, 5.41) is 6.79. The van der Waals surface area contributed by atoms with Gasteiger partial charge in [-0.2, -0.15) is 0 Å². The van der Waals surface area contributed by atoms with Gasteiger partial charge in [0, 0.05) is 26.2 Å². The zero-order chi connectivity index (χ0) is 20.2. The first kappa shape index (κ1) is 22.5. The molecule has 6 heteroatoms. The maximum Gasteiger partial charge on any atom is 0.191 e. The van der Waals surface area contributed by atoms with Crippen LogP contribution in [0.3, 0.4) is 0 Å². The number of nitrogens with zero attached hydrogens (tertiary/aromatic N) is 3. The van der Waals surface area contributed by atoms with E-state index in [1.165, 1.54) is 38.2 Å². The average molecular weight is 390 g/mol. The van der Waals surface area contributed by atoms with Gasteiger partial charge in [-0.05, 0) is 78.0 Å². The zero-order valence-corrected chi connectivity index (χ0v) is 18.2. The highest BCUT2D eigenvalue weighted by Gasteiger charge is 2.11. The summed E-state index contributed by atoms with van der Waals surface area (Å²) in [6, 6.07) is 8.16. The van der Waals surface area contributed by atoms with Crippen LogP contribution in [0.4, 0.5) is 0 Å². The van der Waals surface area contributed by atoms with Crippen LogP contribution in [0.2, 0.25) is 0 Å². The molecule has 1 aromatic rings. The van der Waals surface area contributed by atoms with Crippen molar-refractivity contribution < 1.29 is 4.74 Å². The monoisotopic (exact) mass is 389 g/mol. The average Bonchev–Trinajstić information content (AvgIpc) is 2.87. The number of likely N-dealkylation sites (N-methyl/N-ethyl adjacent to an activating group) is 1. The molecule has 1 atom stereocenters. The maximum atomic E-state index is 5.98. The summed E-state index contributed by atoms with van der Waals surface area (Å²) in [5.74, 6) is 1.78. The highest BCUT2D eigenvalue weighted by molar-refractivity contribution is 5.79. The summed E-state index contributed by atoms with van der Waals surface area (Å²) in [5.41, 5.74) is 1.21. The van der Waals surface area contributed by atoms with Crippen molar-refractivity contribution in [2.45, 2.75) is 39.7 Å². The number of hydrogen-bond donors (Lipinski definition) is 2. The summed E-state index contributed by atoms with van der Waals surface area (Å²) in [7, 11) is 2.22. The minimum atomic E-state index is 0.0337. The summed E-state index contributed by atoms with van der Waals surface area (Å²) in [6.07, 6.45) is 2.43. The summed E-state index contributed by atoms with van der Waals surface area (Å²) in [4.78, 5) is 9.69. The second kappa shape index (κ2) is 12.6. The Kier molecular flexibility index (Phi) is 10.1. The van der Waals surface area contributed by atoms with Gasteiger partial charge < -0.3 is 25.2 Å². The fourth-order valence-electron chi connectivity index (χ4n) is 3.35. The van der Waals surface area contributed by atoms with Gasteiger partial charge in [-0.15, -0.1) is 0 Å². The van der Waals surface area contributed by atoms with Crippen LogP contribution in [0.5, 0.6) is 5.75 Å². The van der Waals surface area contributed by atoms with Crippen LogP contribution >= 0.6 is 0 Å². The van der Waals surface area contributed by atoms with Crippen LogP contribution < -0.4 is 15.4 Å². The third kappa shape index (κ3) is 8.93. The Balaban J connectivity index is 1.70. The molecular formula is C22H39N5O. The van der Waals surface area contributed by atoms with Crippen molar-refractivity contribution >= 4 is 5.96 Å². The van der Waals surface area contributed by atoms with E-state index in [0.717, 1.165) is 37.8 Å². The highest BCUT2D eigenvalue weighted by Crippen LogP contribution is 2.14. The molecule has 1 aromatic carbocycles. The van der Waals surface area contributed by atoms with Crippen LogP contribution in [-0.4, -0.2) is 81.3 Å². The van der Waals surface area contributed by atoms with E-state index < -0.39 is 0 Å². The van der Waals surface area contributed by atoms with E-state index in [1.807, 2.05) is 12.1 Å². The normalized spacial score (nSPS) is 17.8. The predicted octanol–water partition coefficient (Wildman–Crippen LogP) is 2.35. The van der Waals surface area contributed by atoms with Gasteiger partial charge in [0.25, 0.3) is 0 Å². The first-order valence-corrected chi connectivity index (χ1v) is 10.7. The van der Waals surface area contributed by atoms with E-state index in [0.29, 0.717) is 6.54 Å². The standard InChI is InChI=1S/C22H39N5O/c1-5-23-22(24-11-7-13-27-14-8-12-26(4)15-16-27)25-18-20(3)28-21-10-6-9-19(2)17-21/h6,9-10,17,20H,5,7-8,11-16,18H2,1-4H3,(H2,23,24,25). The summed E-state index contributed by atoms with van der Waals surface area (Å²) >= 11 is 0. The van der Waals surface area contributed by atoms with Crippen molar-refractivity contribution in [2.24, 2.45) is 4.99 Å². The lowest BCUT2D eigenvalue weighted by Crippen LogP contribution is -2.39. The Morgan fingerprint density at radius 2 is 2.07 bits per heavy atom. The van der Waals surface area contributed by atoms with Gasteiger partial charge in [0.05, 0.1) is 6.54 Å². The topological polar surface area (TPSA) is 52.1 Å². The van der Waals surface area contributed by atoms with Crippen molar-refractivity contribution in [3.05, 3.63) is 29.8 Å². The summed E-state index contributed by atoms with van der Waals surface area (Å²) < 4.78 is 5.98. The second-order valence-electron chi connectivity index (χ2n) is 7.74. The van der Waals surface area contributed by atoms with Gasteiger partial charge in [0.1, 0.15) is 11.9 Å². The molecule has 0 saturated carbocycles. The van der Waals surface area contributed by atoms with Crippen LogP contribution in [0.1, 0.15) is 32.3 Å². The quantitative estimate of drug-likeness (QED) is 0.386. The van der Waals surface area contributed by atoms with E-state index >= 15 is 0 Å². The van der Waals surface area contributed by atoms with Gasteiger partial charge in [-0.3, -0.25) is 0 Å². The molecule has 1 aliphatic rings. The molecule has 2 rings (SSSR count). The lowest BCUT2D eigenvalue weighted by atomic mass is 10.2. The van der Waals surface area contributed by atoms with Crippen molar-refractivity contribution in [1.29, 1.82) is 0 Å². The molecule has 1 saturated heterocycles. The molecule has 28 heavy (non-hydrogen) atoms. The molecule has 0 radical (unpaired) electrons. The third-order valence-electron chi connectivity index (χ3n) is 4.93. The first-order chi connectivity index (χ1) is 13.6. The Morgan fingerprint density at radius 1 is 1.21 bits per heavy atom. The number of aliphatic imine (C=N–C) groups is 1. The van der Waals surface area contributed by atoms with Gasteiger partial charge in [-0.25, -0.2) is 4.99 Å². The van der Waals surface area contributed by atoms with Crippen LogP contribution in [-0.2, 0) is 0 Å². The molecule has 6 nitrogen and oxygen atoms in total. The highest BCUT2D eigenvalue weighted by atomic mass is 16.5. The predicted molar refractivity (Wildman–Crippen MR) is 118 cm³/mol. The molecule has 158 valence electrons. The number of benzene rings is 1. The van der Waals surface area contributed by atoms with Crippen LogP contribution in [0.25, 0.3) is 0 Å². The number of aryl methyl sites for hydroxylation is 1. The van der Waals surface area contributed by atoms with Crippen LogP contribution in [0.15, 0.2) is 29.3 Å². The molecule has 0 amide bonds. The molecular weight excluding hydrogens is 350 g/mol. The van der Waals surface area contributed by atoms with Crippen molar-refractivity contribution in [3.8, 4) is 5.75 Å². The molecule has 0 spiro atoms. The van der Waals surface area contributed by atoms with Crippen molar-refractivity contribution in [2.75, 3.05) is 59.4 Å².